The molecule has 0 fully saturated rings. The van der Waals surface area contributed by atoms with Gasteiger partial charge in [0.05, 0.1) is 18.4 Å². The quantitative estimate of drug-likeness (QED) is 0.308. The third-order valence-electron chi connectivity index (χ3n) is 2.94. The van der Waals surface area contributed by atoms with Gasteiger partial charge in [-0.3, -0.25) is 0 Å². The van der Waals surface area contributed by atoms with E-state index in [4.69, 9.17) is 14.7 Å². The summed E-state index contributed by atoms with van der Waals surface area (Å²) < 4.78 is 10.3. The Kier molecular flexibility index (Phi) is 4.56. The van der Waals surface area contributed by atoms with Gasteiger partial charge in [-0.1, -0.05) is 11.2 Å². The van der Waals surface area contributed by atoms with Crippen LogP contribution in [0.1, 0.15) is 22.8 Å². The zero-order valence-corrected chi connectivity index (χ0v) is 11.7. The minimum absolute atomic E-state index is 0.409. The zero-order chi connectivity index (χ0) is 15.2. The van der Waals surface area contributed by atoms with Gasteiger partial charge in [0.15, 0.2) is 0 Å². The first kappa shape index (κ1) is 14.6. The fourth-order valence-corrected chi connectivity index (χ4v) is 1.74. The lowest BCUT2D eigenvalue weighted by atomic mass is 10.1. The Labute approximate surface area is 122 Å². The third kappa shape index (κ3) is 3.60. The van der Waals surface area contributed by atoms with E-state index >= 15 is 0 Å². The van der Waals surface area contributed by atoms with Gasteiger partial charge in [-0.15, -0.1) is 0 Å². The summed E-state index contributed by atoms with van der Waals surface area (Å²) in [6.45, 7) is 1.68. The highest BCUT2D eigenvalue weighted by Crippen LogP contribution is 2.17. The Balaban J connectivity index is 2.12. The summed E-state index contributed by atoms with van der Waals surface area (Å²) in [6.07, 6.45) is 0. The van der Waals surface area contributed by atoms with Crippen LogP contribution in [0.3, 0.4) is 0 Å². The Morgan fingerprint density at radius 2 is 1.76 bits per heavy atom. The number of hydrogen-bond acceptors (Lipinski definition) is 5. The minimum Gasteiger partial charge on any atom is -0.497 e. The largest absolute Gasteiger partial charge is 0.497 e. The molecule has 0 atom stereocenters. The molecule has 1 N–H and O–H groups in total. The van der Waals surface area contributed by atoms with E-state index in [0.29, 0.717) is 22.8 Å². The molecule has 21 heavy (non-hydrogen) atoms. The van der Waals surface area contributed by atoms with Crippen molar-refractivity contribution in [1.29, 1.82) is 0 Å². The van der Waals surface area contributed by atoms with E-state index in [2.05, 4.69) is 5.16 Å². The lowest BCUT2D eigenvalue weighted by Crippen LogP contribution is -2.08. The van der Waals surface area contributed by atoms with Gasteiger partial charge in [-0.2, -0.15) is 0 Å². The standard InChI is InChI=1S/C16H15NO4/c1-11(17-19)12-6-8-14(9-7-12)21-16(18)13-4-3-5-15(10-13)20-2/h3-10,19H,1-2H3/b17-11+. The normalized spacial score (nSPS) is 11.0. The minimum atomic E-state index is -0.464. The van der Waals surface area contributed by atoms with Gasteiger partial charge in [-0.25, -0.2) is 4.79 Å². The molecule has 0 aromatic heterocycles. The van der Waals surface area contributed by atoms with Gasteiger partial charge in [0.1, 0.15) is 11.5 Å². The van der Waals surface area contributed by atoms with Gasteiger partial charge in [0, 0.05) is 0 Å². The molecule has 0 radical (unpaired) electrons. The molecule has 2 aromatic rings. The molecule has 0 aliphatic rings. The summed E-state index contributed by atoms with van der Waals surface area (Å²) in [4.78, 5) is 12.0. The molecule has 0 aliphatic heterocycles. The topological polar surface area (TPSA) is 68.1 Å². The number of carbonyl (C=O) groups excluding carboxylic acids is 1. The van der Waals surface area contributed by atoms with Crippen molar-refractivity contribution in [3.63, 3.8) is 0 Å². The van der Waals surface area contributed by atoms with E-state index in [1.807, 2.05) is 0 Å². The van der Waals surface area contributed by atoms with Gasteiger partial charge in [-0.05, 0) is 55.0 Å². The van der Waals surface area contributed by atoms with Crippen LogP contribution in [-0.4, -0.2) is 24.0 Å². The molecular formula is C16H15NO4. The number of carbonyl (C=O) groups is 1. The molecule has 0 bridgehead atoms. The average Bonchev–Trinajstić information content (AvgIpc) is 2.54. The number of esters is 1. The summed E-state index contributed by atoms with van der Waals surface area (Å²) in [5, 5.41) is 11.8. The number of benzene rings is 2. The molecule has 5 nitrogen and oxygen atoms in total. The third-order valence-corrected chi connectivity index (χ3v) is 2.94. The maximum atomic E-state index is 12.0. The molecule has 0 saturated heterocycles. The predicted molar refractivity (Wildman–Crippen MR) is 78.4 cm³/mol. The van der Waals surface area contributed by atoms with E-state index in [1.165, 1.54) is 7.11 Å². The molecule has 0 saturated carbocycles. The second-order valence-electron chi connectivity index (χ2n) is 4.33. The van der Waals surface area contributed by atoms with E-state index in [1.54, 1.807) is 55.5 Å². The van der Waals surface area contributed by atoms with Gasteiger partial charge < -0.3 is 14.7 Å². The molecule has 0 aliphatic carbocycles. The molecule has 0 heterocycles. The highest BCUT2D eigenvalue weighted by molar-refractivity contribution is 5.98. The van der Waals surface area contributed by atoms with Gasteiger partial charge >= 0.3 is 5.97 Å². The van der Waals surface area contributed by atoms with E-state index in [0.717, 1.165) is 5.56 Å². The van der Waals surface area contributed by atoms with Crippen molar-refractivity contribution in [2.24, 2.45) is 5.16 Å². The molecule has 5 heteroatoms. The van der Waals surface area contributed by atoms with Crippen LogP contribution in [0, 0.1) is 0 Å². The predicted octanol–water partition coefficient (Wildman–Crippen LogP) is 3.11. The number of ether oxygens (including phenoxy) is 2. The maximum absolute atomic E-state index is 12.0. The Morgan fingerprint density at radius 3 is 2.38 bits per heavy atom. The molecule has 2 aromatic carbocycles. The summed E-state index contributed by atoms with van der Waals surface area (Å²) >= 11 is 0. The number of methoxy groups -OCH3 is 1. The van der Waals surface area contributed by atoms with E-state index in [-0.39, 0.29) is 0 Å². The Bertz CT molecular complexity index is 662. The molecule has 2 rings (SSSR count). The molecule has 0 spiro atoms. The average molecular weight is 285 g/mol. The van der Waals surface area contributed by atoms with Crippen molar-refractivity contribution in [3.8, 4) is 11.5 Å². The molecule has 0 unspecified atom stereocenters. The number of oxime groups is 1. The molecular weight excluding hydrogens is 270 g/mol. The van der Waals surface area contributed by atoms with E-state index < -0.39 is 5.97 Å². The first-order valence-corrected chi connectivity index (χ1v) is 6.29. The van der Waals surface area contributed by atoms with Crippen molar-refractivity contribution in [2.75, 3.05) is 7.11 Å². The van der Waals surface area contributed by atoms with Crippen LogP contribution in [0.5, 0.6) is 11.5 Å². The lowest BCUT2D eigenvalue weighted by molar-refractivity contribution is 0.0734. The van der Waals surface area contributed by atoms with Gasteiger partial charge in [0.2, 0.25) is 0 Å². The number of nitrogens with zero attached hydrogens (tertiary/aromatic N) is 1. The molecule has 0 amide bonds. The summed E-state index contributed by atoms with van der Waals surface area (Å²) in [5.41, 5.74) is 1.64. The van der Waals surface area contributed by atoms with Crippen LogP contribution in [0.25, 0.3) is 0 Å². The van der Waals surface area contributed by atoms with Crippen molar-refractivity contribution in [1.82, 2.24) is 0 Å². The highest BCUT2D eigenvalue weighted by atomic mass is 16.5. The second-order valence-corrected chi connectivity index (χ2v) is 4.33. The first-order chi connectivity index (χ1) is 10.1. The van der Waals surface area contributed by atoms with Crippen LogP contribution in [0.15, 0.2) is 53.7 Å². The fourth-order valence-electron chi connectivity index (χ4n) is 1.74. The van der Waals surface area contributed by atoms with Crippen LogP contribution in [0.4, 0.5) is 0 Å². The maximum Gasteiger partial charge on any atom is 0.343 e. The first-order valence-electron chi connectivity index (χ1n) is 6.29. The Hall–Kier alpha value is -2.82. The van der Waals surface area contributed by atoms with Crippen LogP contribution >= 0.6 is 0 Å². The fraction of sp³-hybridized carbons (Fsp3) is 0.125. The second kappa shape index (κ2) is 6.56. The van der Waals surface area contributed by atoms with Crippen molar-refractivity contribution in [3.05, 3.63) is 59.7 Å². The highest BCUT2D eigenvalue weighted by Gasteiger charge is 2.09. The summed E-state index contributed by atoms with van der Waals surface area (Å²) in [7, 11) is 1.54. The zero-order valence-electron chi connectivity index (χ0n) is 11.7. The van der Waals surface area contributed by atoms with Gasteiger partial charge in [0.25, 0.3) is 0 Å². The summed E-state index contributed by atoms with van der Waals surface area (Å²) in [6, 6.07) is 13.4. The van der Waals surface area contributed by atoms with Crippen LogP contribution in [-0.2, 0) is 0 Å². The van der Waals surface area contributed by atoms with Crippen LogP contribution in [0.2, 0.25) is 0 Å². The van der Waals surface area contributed by atoms with Crippen molar-refractivity contribution >= 4 is 11.7 Å². The SMILES string of the molecule is COc1cccc(C(=O)Oc2ccc(/C(C)=N/O)cc2)c1. The van der Waals surface area contributed by atoms with Crippen LogP contribution < -0.4 is 9.47 Å². The monoisotopic (exact) mass is 285 g/mol. The smallest absolute Gasteiger partial charge is 0.343 e. The summed E-state index contributed by atoms with van der Waals surface area (Å²) in [5.74, 6) is 0.543. The van der Waals surface area contributed by atoms with Crippen molar-refractivity contribution in [2.45, 2.75) is 6.92 Å². The number of hydrogen-bond donors (Lipinski definition) is 1. The molecule has 108 valence electrons. The van der Waals surface area contributed by atoms with Crippen molar-refractivity contribution < 1.29 is 19.5 Å². The Morgan fingerprint density at radius 1 is 1.05 bits per heavy atom. The lowest BCUT2D eigenvalue weighted by Gasteiger charge is -2.06. The number of rotatable bonds is 4. The van der Waals surface area contributed by atoms with E-state index in [9.17, 15) is 4.79 Å².